The number of carbonyl (C=O) groups is 1. The minimum atomic E-state index is -1.02. The molecule has 2 aromatic carbocycles. The summed E-state index contributed by atoms with van der Waals surface area (Å²) >= 11 is 1.01. The largest absolute Gasteiger partial charge is 0.493 e. The van der Waals surface area contributed by atoms with E-state index in [1.54, 1.807) is 13.0 Å². The smallest absolute Gasteiger partial charge is 0.342 e. The number of aryl methyl sites for hydroxylation is 1. The number of hydrogen-bond donors (Lipinski definition) is 2. The molecule has 25 heavy (non-hydrogen) atoms. The fourth-order valence-corrected chi connectivity index (χ4v) is 3.19. The van der Waals surface area contributed by atoms with Crippen LogP contribution in [0.1, 0.15) is 18.3 Å². The maximum atomic E-state index is 11.6. The Balaban J connectivity index is 2.05. The second-order valence-corrected chi connectivity index (χ2v) is 6.26. The lowest BCUT2D eigenvalue weighted by molar-refractivity contribution is -0.131. The van der Waals surface area contributed by atoms with Crippen molar-refractivity contribution in [3.8, 4) is 5.75 Å². The normalized spacial score (nSPS) is 11.7. The summed E-state index contributed by atoms with van der Waals surface area (Å²) in [5.74, 6) is 0.397. The Morgan fingerprint density at radius 2 is 2.04 bits per heavy atom. The summed E-state index contributed by atoms with van der Waals surface area (Å²) in [5.41, 5.74) is 0.802. The highest BCUT2D eigenvalue weighted by molar-refractivity contribution is 8.04. The summed E-state index contributed by atoms with van der Waals surface area (Å²) in [4.78, 5) is 15.9. The third-order valence-corrected chi connectivity index (χ3v) is 4.37. The van der Waals surface area contributed by atoms with Crippen molar-refractivity contribution in [2.75, 3.05) is 6.61 Å². The number of benzene rings is 2. The molecule has 0 aliphatic heterocycles. The molecular weight excluding hydrogens is 338 g/mol. The Morgan fingerprint density at radius 3 is 2.68 bits per heavy atom. The second-order valence-electron chi connectivity index (χ2n) is 5.25. The predicted molar refractivity (Wildman–Crippen MR) is 97.7 cm³/mol. The first-order valence-electron chi connectivity index (χ1n) is 7.75. The molecule has 0 unspecified atom stereocenters. The second kappa shape index (κ2) is 7.40. The molecule has 1 aromatic heterocycles. The molecule has 3 rings (SSSR count). The Morgan fingerprint density at radius 1 is 1.28 bits per heavy atom. The lowest BCUT2D eigenvalue weighted by Gasteiger charge is -2.10. The van der Waals surface area contributed by atoms with Gasteiger partial charge in [-0.3, -0.25) is 5.10 Å². The quantitative estimate of drug-likeness (QED) is 0.515. The van der Waals surface area contributed by atoms with Crippen LogP contribution in [-0.4, -0.2) is 32.9 Å². The minimum Gasteiger partial charge on any atom is -0.493 e. The van der Waals surface area contributed by atoms with Crippen molar-refractivity contribution >= 4 is 34.6 Å². The van der Waals surface area contributed by atoms with Gasteiger partial charge in [-0.15, -0.1) is 5.10 Å². The monoisotopic (exact) mass is 355 g/mol. The molecule has 0 fully saturated rings. The highest BCUT2D eigenvalue weighted by Gasteiger charge is 2.14. The summed E-state index contributed by atoms with van der Waals surface area (Å²) < 4.78 is 5.66. The number of ether oxygens (including phenoxy) is 1. The Labute approximate surface area is 148 Å². The van der Waals surface area contributed by atoms with Crippen LogP contribution < -0.4 is 4.74 Å². The third kappa shape index (κ3) is 3.83. The van der Waals surface area contributed by atoms with Gasteiger partial charge in [-0.25, -0.2) is 9.78 Å². The van der Waals surface area contributed by atoms with E-state index in [-0.39, 0.29) is 4.91 Å². The van der Waals surface area contributed by atoms with Crippen LogP contribution in [0, 0.1) is 6.92 Å². The predicted octanol–water partition coefficient (Wildman–Crippen LogP) is 3.88. The van der Waals surface area contributed by atoms with Crippen LogP contribution in [0.2, 0.25) is 0 Å². The molecule has 0 saturated heterocycles. The zero-order chi connectivity index (χ0) is 17.8. The average molecular weight is 355 g/mol. The number of carboxylic acid groups (broad SMARTS) is 1. The van der Waals surface area contributed by atoms with Gasteiger partial charge in [-0.05, 0) is 48.7 Å². The number of carboxylic acids is 1. The Hall–Kier alpha value is -2.80. The molecule has 0 aliphatic carbocycles. The summed E-state index contributed by atoms with van der Waals surface area (Å²) in [7, 11) is 0. The topological polar surface area (TPSA) is 88.1 Å². The van der Waals surface area contributed by atoms with Crippen LogP contribution in [0.5, 0.6) is 5.75 Å². The molecule has 0 saturated carbocycles. The van der Waals surface area contributed by atoms with E-state index in [0.29, 0.717) is 17.6 Å². The molecule has 1 heterocycles. The number of H-pyrrole nitrogens is 1. The van der Waals surface area contributed by atoms with E-state index in [1.807, 2.05) is 43.3 Å². The van der Waals surface area contributed by atoms with Crippen LogP contribution in [0.25, 0.3) is 16.8 Å². The van der Waals surface area contributed by atoms with Crippen molar-refractivity contribution in [1.82, 2.24) is 15.2 Å². The van der Waals surface area contributed by atoms with E-state index in [1.165, 1.54) is 0 Å². The number of rotatable bonds is 6. The SMILES string of the molecule is CCOc1ccc(/C=C(\Sc2n[nH]c(C)n2)C(=O)O)c2ccccc12. The van der Waals surface area contributed by atoms with Gasteiger partial charge < -0.3 is 9.84 Å². The summed E-state index contributed by atoms with van der Waals surface area (Å²) in [5, 5.41) is 18.5. The maximum Gasteiger partial charge on any atom is 0.342 e. The fraction of sp³-hybridized carbons (Fsp3) is 0.167. The lowest BCUT2D eigenvalue weighted by Crippen LogP contribution is -1.98. The van der Waals surface area contributed by atoms with Crippen molar-refractivity contribution in [3.05, 3.63) is 52.7 Å². The molecular formula is C18H17N3O3S. The van der Waals surface area contributed by atoms with Gasteiger partial charge in [0.2, 0.25) is 5.16 Å². The molecule has 0 spiro atoms. The van der Waals surface area contributed by atoms with Gasteiger partial charge in [0.25, 0.3) is 0 Å². The summed E-state index contributed by atoms with van der Waals surface area (Å²) in [6, 6.07) is 11.5. The number of nitrogens with zero attached hydrogens (tertiary/aromatic N) is 2. The number of aliphatic carboxylic acids is 1. The molecule has 6 nitrogen and oxygen atoms in total. The molecule has 0 atom stereocenters. The van der Waals surface area contributed by atoms with Gasteiger partial charge in [0.05, 0.1) is 6.61 Å². The van der Waals surface area contributed by atoms with Gasteiger partial charge in [0, 0.05) is 5.39 Å². The van der Waals surface area contributed by atoms with Crippen LogP contribution in [-0.2, 0) is 4.79 Å². The van der Waals surface area contributed by atoms with Crippen molar-refractivity contribution < 1.29 is 14.6 Å². The highest BCUT2D eigenvalue weighted by atomic mass is 32.2. The number of thioether (sulfide) groups is 1. The van der Waals surface area contributed by atoms with Gasteiger partial charge in [0.15, 0.2) is 0 Å². The first-order chi connectivity index (χ1) is 12.1. The van der Waals surface area contributed by atoms with Crippen LogP contribution in [0.15, 0.2) is 46.5 Å². The van der Waals surface area contributed by atoms with Crippen molar-refractivity contribution in [2.45, 2.75) is 19.0 Å². The van der Waals surface area contributed by atoms with E-state index in [2.05, 4.69) is 15.2 Å². The van der Waals surface area contributed by atoms with Crippen molar-refractivity contribution in [2.24, 2.45) is 0 Å². The molecule has 2 N–H and O–H groups in total. The first-order valence-corrected chi connectivity index (χ1v) is 8.56. The summed E-state index contributed by atoms with van der Waals surface area (Å²) in [6.45, 7) is 4.27. The number of aromatic nitrogens is 3. The molecule has 0 radical (unpaired) electrons. The van der Waals surface area contributed by atoms with Gasteiger partial charge >= 0.3 is 5.97 Å². The number of fused-ring (bicyclic) bond motifs is 1. The number of hydrogen-bond acceptors (Lipinski definition) is 5. The van der Waals surface area contributed by atoms with E-state index in [0.717, 1.165) is 33.8 Å². The fourth-order valence-electron chi connectivity index (χ4n) is 2.44. The number of nitrogens with one attached hydrogen (secondary N) is 1. The van der Waals surface area contributed by atoms with E-state index in [4.69, 9.17) is 4.74 Å². The number of aromatic amines is 1. The van der Waals surface area contributed by atoms with Gasteiger partial charge in [0.1, 0.15) is 16.5 Å². The summed E-state index contributed by atoms with van der Waals surface area (Å²) in [6.07, 6.45) is 1.64. The lowest BCUT2D eigenvalue weighted by atomic mass is 10.0. The van der Waals surface area contributed by atoms with Crippen molar-refractivity contribution in [1.29, 1.82) is 0 Å². The minimum absolute atomic E-state index is 0.147. The Kier molecular flexibility index (Phi) is 5.04. The molecule has 3 aromatic rings. The molecule has 0 aliphatic rings. The zero-order valence-corrected chi connectivity index (χ0v) is 14.6. The van der Waals surface area contributed by atoms with E-state index in [9.17, 15) is 9.90 Å². The zero-order valence-electron chi connectivity index (χ0n) is 13.8. The third-order valence-electron chi connectivity index (χ3n) is 3.49. The standard InChI is InChI=1S/C18H17N3O3S/c1-3-24-15-9-8-12(13-6-4-5-7-14(13)15)10-16(17(22)23)25-18-19-11(2)20-21-18/h4-10H,3H2,1-2H3,(H,22,23)(H,19,20,21)/b16-10-. The van der Waals surface area contributed by atoms with Crippen LogP contribution >= 0.6 is 11.8 Å². The van der Waals surface area contributed by atoms with E-state index < -0.39 is 5.97 Å². The highest BCUT2D eigenvalue weighted by Crippen LogP contribution is 2.32. The molecule has 128 valence electrons. The maximum absolute atomic E-state index is 11.6. The van der Waals surface area contributed by atoms with Gasteiger partial charge in [-0.2, -0.15) is 0 Å². The average Bonchev–Trinajstić information content (AvgIpc) is 3.01. The first kappa shape index (κ1) is 17.0. The Bertz CT molecular complexity index is 950. The molecule has 7 heteroatoms. The van der Waals surface area contributed by atoms with Gasteiger partial charge in [-0.1, -0.05) is 30.3 Å². The van der Waals surface area contributed by atoms with Crippen LogP contribution in [0.3, 0.4) is 0 Å². The molecule has 0 bridgehead atoms. The van der Waals surface area contributed by atoms with E-state index >= 15 is 0 Å². The molecule has 0 amide bonds. The van der Waals surface area contributed by atoms with Crippen LogP contribution in [0.4, 0.5) is 0 Å². The van der Waals surface area contributed by atoms with Crippen molar-refractivity contribution in [3.63, 3.8) is 0 Å².